The molecule has 1 aliphatic rings. The van der Waals surface area contributed by atoms with E-state index < -0.39 is 10.0 Å². The maximum atomic E-state index is 12.7. The van der Waals surface area contributed by atoms with Crippen molar-refractivity contribution in [2.45, 2.75) is 71.8 Å². The molecule has 0 spiro atoms. The number of fused-ring (bicyclic) bond motifs is 1. The monoisotopic (exact) mass is 456 g/mol. The van der Waals surface area contributed by atoms with Crippen LogP contribution in [0.25, 0.3) is 0 Å². The largest absolute Gasteiger partial charge is 0.349 e. The smallest absolute Gasteiger partial charge is 0.232 e. The average molecular weight is 457 g/mol. The zero-order chi connectivity index (χ0) is 23.3. The fourth-order valence-corrected chi connectivity index (χ4v) is 5.51. The fraction of sp³-hybridized carbons (Fsp3) is 0.500. The minimum Gasteiger partial charge on any atom is -0.349 e. The Morgan fingerprint density at radius 3 is 2.47 bits per heavy atom. The maximum absolute atomic E-state index is 12.7. The Morgan fingerprint density at radius 2 is 1.78 bits per heavy atom. The van der Waals surface area contributed by atoms with Crippen molar-refractivity contribution in [3.05, 3.63) is 64.2 Å². The molecular weight excluding hydrogens is 420 g/mol. The molecule has 5 nitrogen and oxygen atoms in total. The van der Waals surface area contributed by atoms with Gasteiger partial charge < -0.3 is 5.32 Å². The van der Waals surface area contributed by atoms with Gasteiger partial charge in [-0.25, -0.2) is 8.42 Å². The van der Waals surface area contributed by atoms with Gasteiger partial charge in [0.05, 0.1) is 18.0 Å². The molecule has 2 aromatic rings. The average Bonchev–Trinajstić information content (AvgIpc) is 2.76. The first-order chi connectivity index (χ1) is 15.2. The Balaban J connectivity index is 1.62. The maximum Gasteiger partial charge on any atom is 0.232 e. The molecule has 0 saturated carbocycles. The van der Waals surface area contributed by atoms with Crippen LogP contribution in [0.1, 0.15) is 72.9 Å². The lowest BCUT2D eigenvalue weighted by atomic mass is 9.89. The third kappa shape index (κ3) is 6.12. The van der Waals surface area contributed by atoms with Crippen molar-refractivity contribution < 1.29 is 13.2 Å². The van der Waals surface area contributed by atoms with E-state index >= 15 is 0 Å². The van der Waals surface area contributed by atoms with Crippen LogP contribution in [0.2, 0.25) is 0 Å². The van der Waals surface area contributed by atoms with Crippen LogP contribution in [0, 0.1) is 13.8 Å². The summed E-state index contributed by atoms with van der Waals surface area (Å²) in [5, 5.41) is 3.16. The van der Waals surface area contributed by atoms with Crippen molar-refractivity contribution in [2.24, 2.45) is 0 Å². The minimum absolute atomic E-state index is 0.0141. The highest BCUT2D eigenvalue weighted by Crippen LogP contribution is 2.27. The highest BCUT2D eigenvalue weighted by atomic mass is 32.2. The van der Waals surface area contributed by atoms with Gasteiger partial charge in [0.1, 0.15) is 0 Å². The molecule has 1 aliphatic carbocycles. The van der Waals surface area contributed by atoms with E-state index in [0.717, 1.165) is 36.0 Å². The van der Waals surface area contributed by atoms with Crippen molar-refractivity contribution in [1.82, 2.24) is 5.32 Å². The Labute approximate surface area is 193 Å². The van der Waals surface area contributed by atoms with Crippen molar-refractivity contribution >= 4 is 21.6 Å². The molecule has 1 atom stereocenters. The molecule has 3 rings (SSSR count). The number of hydrogen-bond donors (Lipinski definition) is 1. The van der Waals surface area contributed by atoms with E-state index in [0.29, 0.717) is 18.5 Å². The highest BCUT2D eigenvalue weighted by molar-refractivity contribution is 7.92. The summed E-state index contributed by atoms with van der Waals surface area (Å²) in [5.41, 5.74) is 6.62. The SMILES string of the molecule is CCC(NC(=O)CCCN(c1cc(C)ccc1C)S(C)(=O)=O)c1ccc2c(c1)CCCC2. The third-order valence-corrected chi connectivity index (χ3v) is 7.50. The predicted octanol–water partition coefficient (Wildman–Crippen LogP) is 5.00. The number of benzene rings is 2. The van der Waals surface area contributed by atoms with E-state index in [1.54, 1.807) is 0 Å². The van der Waals surface area contributed by atoms with Gasteiger partial charge >= 0.3 is 0 Å². The van der Waals surface area contributed by atoms with E-state index in [4.69, 9.17) is 0 Å². The first kappa shape index (κ1) is 24.3. The zero-order valence-electron chi connectivity index (χ0n) is 19.8. The predicted molar refractivity (Wildman–Crippen MR) is 132 cm³/mol. The van der Waals surface area contributed by atoms with Gasteiger partial charge in [0.2, 0.25) is 15.9 Å². The molecule has 6 heteroatoms. The van der Waals surface area contributed by atoms with Gasteiger partial charge in [-0.2, -0.15) is 0 Å². The fourth-order valence-electron chi connectivity index (χ4n) is 4.49. The Bertz CT molecular complexity index is 1060. The molecule has 0 aliphatic heterocycles. The van der Waals surface area contributed by atoms with Crippen LogP contribution in [0.3, 0.4) is 0 Å². The second kappa shape index (κ2) is 10.5. The zero-order valence-corrected chi connectivity index (χ0v) is 20.6. The normalized spacial score (nSPS) is 14.5. The number of anilines is 1. The van der Waals surface area contributed by atoms with E-state index in [9.17, 15) is 13.2 Å². The number of nitrogens with one attached hydrogen (secondary N) is 1. The molecular formula is C26H36N2O3S. The van der Waals surface area contributed by atoms with E-state index in [-0.39, 0.29) is 18.5 Å². The van der Waals surface area contributed by atoms with Crippen molar-refractivity contribution in [2.75, 3.05) is 17.1 Å². The van der Waals surface area contributed by atoms with Crippen LogP contribution in [-0.4, -0.2) is 27.1 Å². The molecule has 1 amide bonds. The summed E-state index contributed by atoms with van der Waals surface area (Å²) in [6.45, 7) is 6.22. The lowest BCUT2D eigenvalue weighted by Crippen LogP contribution is -2.33. The molecule has 0 bridgehead atoms. The summed E-state index contributed by atoms with van der Waals surface area (Å²) in [6.07, 6.45) is 7.55. The van der Waals surface area contributed by atoms with Crippen molar-refractivity contribution in [1.29, 1.82) is 0 Å². The summed E-state index contributed by atoms with van der Waals surface area (Å²) in [5.74, 6) is -0.0380. The third-order valence-electron chi connectivity index (χ3n) is 6.32. The molecule has 0 fully saturated rings. The number of amides is 1. The van der Waals surface area contributed by atoms with Gasteiger partial charge in [-0.1, -0.05) is 37.3 Å². The summed E-state index contributed by atoms with van der Waals surface area (Å²) in [7, 11) is -3.43. The minimum atomic E-state index is -3.43. The van der Waals surface area contributed by atoms with Gasteiger partial charge in [-0.3, -0.25) is 9.10 Å². The number of hydrogen-bond acceptors (Lipinski definition) is 3. The lowest BCUT2D eigenvalue weighted by Gasteiger charge is -2.25. The van der Waals surface area contributed by atoms with Crippen LogP contribution in [0.5, 0.6) is 0 Å². The molecule has 174 valence electrons. The molecule has 0 heterocycles. The van der Waals surface area contributed by atoms with Gasteiger partial charge in [0.15, 0.2) is 0 Å². The molecule has 1 N–H and O–H groups in total. The summed E-state index contributed by atoms with van der Waals surface area (Å²) >= 11 is 0. The van der Waals surface area contributed by atoms with Gasteiger partial charge in [-0.15, -0.1) is 0 Å². The quantitative estimate of drug-likeness (QED) is 0.578. The van der Waals surface area contributed by atoms with Crippen LogP contribution >= 0.6 is 0 Å². The number of carbonyl (C=O) groups is 1. The van der Waals surface area contributed by atoms with E-state index in [1.807, 2.05) is 32.0 Å². The molecule has 32 heavy (non-hydrogen) atoms. The van der Waals surface area contributed by atoms with E-state index in [1.165, 1.54) is 34.5 Å². The number of aryl methyl sites for hydroxylation is 4. The number of rotatable bonds is 9. The number of nitrogens with zero attached hydrogens (tertiary/aromatic N) is 1. The van der Waals surface area contributed by atoms with Crippen LogP contribution in [0.4, 0.5) is 5.69 Å². The Hall–Kier alpha value is -2.34. The topological polar surface area (TPSA) is 66.5 Å². The van der Waals surface area contributed by atoms with Crippen molar-refractivity contribution in [3.63, 3.8) is 0 Å². The molecule has 0 aromatic heterocycles. The van der Waals surface area contributed by atoms with Gasteiger partial charge in [-0.05, 0) is 86.3 Å². The second-order valence-corrected chi connectivity index (χ2v) is 10.9. The summed E-state index contributed by atoms with van der Waals surface area (Å²) in [4.78, 5) is 12.7. The first-order valence-corrected chi connectivity index (χ1v) is 13.5. The van der Waals surface area contributed by atoms with Crippen LogP contribution < -0.4 is 9.62 Å². The number of carbonyl (C=O) groups excluding carboxylic acids is 1. The Morgan fingerprint density at radius 1 is 1.06 bits per heavy atom. The number of sulfonamides is 1. The lowest BCUT2D eigenvalue weighted by molar-refractivity contribution is -0.121. The van der Waals surface area contributed by atoms with Crippen LogP contribution in [-0.2, 0) is 27.7 Å². The molecule has 2 aromatic carbocycles. The molecule has 0 saturated heterocycles. The Kier molecular flexibility index (Phi) is 7.99. The van der Waals surface area contributed by atoms with E-state index in [2.05, 4.69) is 30.4 Å². The van der Waals surface area contributed by atoms with Crippen LogP contribution in [0.15, 0.2) is 36.4 Å². The highest BCUT2D eigenvalue weighted by Gasteiger charge is 2.20. The summed E-state index contributed by atoms with van der Waals surface area (Å²) in [6, 6.07) is 12.4. The van der Waals surface area contributed by atoms with Gasteiger partial charge in [0.25, 0.3) is 0 Å². The molecule has 0 radical (unpaired) electrons. The van der Waals surface area contributed by atoms with Gasteiger partial charge in [0, 0.05) is 13.0 Å². The van der Waals surface area contributed by atoms with Crippen molar-refractivity contribution in [3.8, 4) is 0 Å². The summed E-state index contributed by atoms with van der Waals surface area (Å²) < 4.78 is 26.3. The second-order valence-electron chi connectivity index (χ2n) is 8.99. The molecule has 1 unspecified atom stereocenters. The first-order valence-electron chi connectivity index (χ1n) is 11.6. The standard InChI is InChI=1S/C26H36N2O3S/c1-5-24(23-15-14-21-9-6-7-10-22(21)18-23)27-26(29)11-8-16-28(32(4,30)31)25-17-19(2)12-13-20(25)3/h12-15,17-18,24H,5-11,16H2,1-4H3,(H,27,29).